The number of fused-ring (bicyclic) bond motifs is 1. The fourth-order valence-corrected chi connectivity index (χ4v) is 2.14. The van der Waals surface area contributed by atoms with Gasteiger partial charge in [0.15, 0.2) is 5.65 Å². The second-order valence-corrected chi connectivity index (χ2v) is 4.24. The van der Waals surface area contributed by atoms with Crippen molar-refractivity contribution in [3.8, 4) is 0 Å². The lowest BCUT2D eigenvalue weighted by molar-refractivity contribution is 0.657. The average molecular weight is 218 g/mol. The molecule has 0 atom stereocenters. The molecule has 1 aliphatic carbocycles. The van der Waals surface area contributed by atoms with Crippen molar-refractivity contribution in [1.29, 1.82) is 0 Å². The fourth-order valence-electron chi connectivity index (χ4n) is 2.14. The van der Waals surface area contributed by atoms with Crippen LogP contribution in [0.4, 0.5) is 5.69 Å². The van der Waals surface area contributed by atoms with Gasteiger partial charge in [-0.3, -0.25) is 9.13 Å². The van der Waals surface area contributed by atoms with Gasteiger partial charge in [-0.1, -0.05) is 0 Å². The summed E-state index contributed by atoms with van der Waals surface area (Å²) in [6.07, 6.45) is 3.77. The first-order valence-corrected chi connectivity index (χ1v) is 5.58. The minimum absolute atomic E-state index is 0.0399. The molecule has 0 radical (unpaired) electrons. The molecule has 5 heteroatoms. The Labute approximate surface area is 92.5 Å². The number of rotatable bonds is 2. The van der Waals surface area contributed by atoms with Crippen LogP contribution < -0.4 is 11.4 Å². The Morgan fingerprint density at radius 2 is 2.31 bits per heavy atom. The molecule has 2 heterocycles. The molecule has 0 spiro atoms. The molecule has 84 valence electrons. The van der Waals surface area contributed by atoms with E-state index >= 15 is 0 Å². The second kappa shape index (κ2) is 3.10. The summed E-state index contributed by atoms with van der Waals surface area (Å²) in [6.45, 7) is 2.61. The van der Waals surface area contributed by atoms with Gasteiger partial charge in [-0.2, -0.15) is 0 Å². The number of anilines is 1. The number of hydrogen-bond acceptors (Lipinski definition) is 3. The summed E-state index contributed by atoms with van der Waals surface area (Å²) in [4.78, 5) is 16.4. The van der Waals surface area contributed by atoms with Crippen LogP contribution in [0.15, 0.2) is 17.1 Å². The van der Waals surface area contributed by atoms with E-state index in [9.17, 15) is 4.79 Å². The maximum absolute atomic E-state index is 12.2. The van der Waals surface area contributed by atoms with Crippen molar-refractivity contribution in [3.63, 3.8) is 0 Å². The lowest BCUT2D eigenvalue weighted by atomic mass is 10.4. The molecule has 0 unspecified atom stereocenters. The van der Waals surface area contributed by atoms with Gasteiger partial charge >= 0.3 is 5.69 Å². The van der Waals surface area contributed by atoms with Crippen molar-refractivity contribution in [2.75, 3.05) is 5.73 Å². The number of pyridine rings is 1. The highest BCUT2D eigenvalue weighted by atomic mass is 16.1. The summed E-state index contributed by atoms with van der Waals surface area (Å²) in [7, 11) is 0. The molecule has 3 rings (SSSR count). The van der Waals surface area contributed by atoms with Gasteiger partial charge in [0.25, 0.3) is 0 Å². The van der Waals surface area contributed by atoms with E-state index in [1.54, 1.807) is 15.3 Å². The molecule has 1 saturated carbocycles. The standard InChI is InChI=1S/C11H14N4O/c1-2-14-9-5-7(12)6-13-10(9)15(11(14)16)8-3-4-8/h5-6,8H,2-4,12H2,1H3. The third-order valence-corrected chi connectivity index (χ3v) is 3.05. The fraction of sp³-hybridized carbons (Fsp3) is 0.455. The number of imidazole rings is 1. The summed E-state index contributed by atoms with van der Waals surface area (Å²) >= 11 is 0. The zero-order valence-electron chi connectivity index (χ0n) is 9.18. The molecule has 1 aliphatic rings. The van der Waals surface area contributed by atoms with E-state index in [2.05, 4.69) is 4.98 Å². The maximum Gasteiger partial charge on any atom is 0.330 e. The smallest absolute Gasteiger partial charge is 0.330 e. The van der Waals surface area contributed by atoms with Gasteiger partial charge in [-0.15, -0.1) is 0 Å². The lowest BCUT2D eigenvalue weighted by Crippen LogP contribution is -2.23. The predicted molar refractivity (Wildman–Crippen MR) is 62.4 cm³/mol. The van der Waals surface area contributed by atoms with Crippen LogP contribution in [-0.2, 0) is 6.54 Å². The van der Waals surface area contributed by atoms with Crippen molar-refractivity contribution >= 4 is 16.9 Å². The summed E-state index contributed by atoms with van der Waals surface area (Å²) in [5, 5.41) is 0. The van der Waals surface area contributed by atoms with E-state index in [0.717, 1.165) is 24.0 Å². The summed E-state index contributed by atoms with van der Waals surface area (Å²) in [6, 6.07) is 2.17. The Balaban J connectivity index is 2.41. The topological polar surface area (TPSA) is 65.8 Å². The lowest BCUT2D eigenvalue weighted by Gasteiger charge is -1.98. The average Bonchev–Trinajstić information content (AvgIpc) is 3.03. The minimum Gasteiger partial charge on any atom is -0.397 e. The van der Waals surface area contributed by atoms with Gasteiger partial charge in [0.2, 0.25) is 0 Å². The van der Waals surface area contributed by atoms with Crippen LogP contribution in [0.1, 0.15) is 25.8 Å². The predicted octanol–water partition coefficient (Wildman–Crippen LogP) is 1.14. The molecular formula is C11H14N4O. The zero-order chi connectivity index (χ0) is 11.3. The van der Waals surface area contributed by atoms with Crippen LogP contribution in [0.25, 0.3) is 11.2 Å². The monoisotopic (exact) mass is 218 g/mol. The first kappa shape index (κ1) is 9.45. The van der Waals surface area contributed by atoms with Crippen LogP contribution in [0.2, 0.25) is 0 Å². The number of nitrogens with zero attached hydrogens (tertiary/aromatic N) is 3. The molecule has 2 aromatic heterocycles. The van der Waals surface area contributed by atoms with Crippen LogP contribution >= 0.6 is 0 Å². The molecule has 1 fully saturated rings. The largest absolute Gasteiger partial charge is 0.397 e. The van der Waals surface area contributed by atoms with E-state index in [-0.39, 0.29) is 5.69 Å². The number of aryl methyl sites for hydroxylation is 1. The molecule has 0 aliphatic heterocycles. The van der Waals surface area contributed by atoms with Gasteiger partial charge in [0, 0.05) is 12.6 Å². The first-order valence-electron chi connectivity index (χ1n) is 5.58. The molecule has 16 heavy (non-hydrogen) atoms. The third-order valence-electron chi connectivity index (χ3n) is 3.05. The number of nitrogen functional groups attached to an aromatic ring is 1. The molecule has 0 amide bonds. The van der Waals surface area contributed by atoms with Crippen LogP contribution in [0.3, 0.4) is 0 Å². The van der Waals surface area contributed by atoms with E-state index in [4.69, 9.17) is 5.73 Å². The highest BCUT2D eigenvalue weighted by Gasteiger charge is 2.29. The van der Waals surface area contributed by atoms with Gasteiger partial charge in [0.1, 0.15) is 0 Å². The molecule has 0 saturated heterocycles. The summed E-state index contributed by atoms with van der Waals surface area (Å²) < 4.78 is 3.54. The van der Waals surface area contributed by atoms with Gasteiger partial charge < -0.3 is 5.73 Å². The Kier molecular flexibility index (Phi) is 1.83. The molecule has 0 bridgehead atoms. The van der Waals surface area contributed by atoms with E-state index in [1.807, 2.05) is 13.0 Å². The Morgan fingerprint density at radius 3 is 2.94 bits per heavy atom. The van der Waals surface area contributed by atoms with Crippen LogP contribution in [0.5, 0.6) is 0 Å². The highest BCUT2D eigenvalue weighted by Crippen LogP contribution is 2.35. The SMILES string of the molecule is CCn1c(=O)n(C2CC2)c2ncc(N)cc21. The molecule has 2 aromatic rings. The van der Waals surface area contributed by atoms with Crippen molar-refractivity contribution in [3.05, 3.63) is 22.7 Å². The van der Waals surface area contributed by atoms with Crippen molar-refractivity contribution in [1.82, 2.24) is 14.1 Å². The molecule has 5 nitrogen and oxygen atoms in total. The zero-order valence-corrected chi connectivity index (χ0v) is 9.18. The van der Waals surface area contributed by atoms with Crippen molar-refractivity contribution < 1.29 is 0 Å². The van der Waals surface area contributed by atoms with Crippen LogP contribution in [-0.4, -0.2) is 14.1 Å². The Morgan fingerprint density at radius 1 is 1.56 bits per heavy atom. The van der Waals surface area contributed by atoms with Gasteiger partial charge in [-0.25, -0.2) is 9.78 Å². The molecule has 2 N–H and O–H groups in total. The summed E-state index contributed by atoms with van der Waals surface area (Å²) in [5.41, 5.74) is 7.96. The Bertz CT molecular complexity index is 606. The number of nitrogens with two attached hydrogens (primary N) is 1. The van der Waals surface area contributed by atoms with E-state index in [0.29, 0.717) is 18.3 Å². The molecule has 0 aromatic carbocycles. The van der Waals surface area contributed by atoms with Crippen molar-refractivity contribution in [2.45, 2.75) is 32.4 Å². The highest BCUT2D eigenvalue weighted by molar-refractivity contribution is 5.75. The third kappa shape index (κ3) is 1.17. The van der Waals surface area contributed by atoms with Gasteiger partial charge in [-0.05, 0) is 25.8 Å². The van der Waals surface area contributed by atoms with E-state index in [1.165, 1.54) is 0 Å². The minimum atomic E-state index is 0.0399. The van der Waals surface area contributed by atoms with E-state index < -0.39 is 0 Å². The quantitative estimate of drug-likeness (QED) is 0.821. The number of aromatic nitrogens is 3. The maximum atomic E-state index is 12.2. The van der Waals surface area contributed by atoms with Gasteiger partial charge in [0.05, 0.1) is 17.4 Å². The van der Waals surface area contributed by atoms with Crippen molar-refractivity contribution in [2.24, 2.45) is 0 Å². The second-order valence-electron chi connectivity index (χ2n) is 4.24. The Hall–Kier alpha value is -1.78. The normalized spacial score (nSPS) is 15.8. The first-order chi connectivity index (χ1) is 7.72. The number of hydrogen-bond donors (Lipinski definition) is 1. The van der Waals surface area contributed by atoms with Crippen LogP contribution in [0, 0.1) is 0 Å². The summed E-state index contributed by atoms with van der Waals surface area (Å²) in [5.74, 6) is 0. The molecular weight excluding hydrogens is 204 g/mol.